The summed E-state index contributed by atoms with van der Waals surface area (Å²) in [5.41, 5.74) is 1.21. The van der Waals surface area contributed by atoms with Crippen LogP contribution in [0.15, 0.2) is 48.5 Å². The van der Waals surface area contributed by atoms with Crippen molar-refractivity contribution in [2.75, 3.05) is 20.2 Å². The van der Waals surface area contributed by atoms with Crippen molar-refractivity contribution in [3.63, 3.8) is 0 Å². The van der Waals surface area contributed by atoms with Crippen LogP contribution < -0.4 is 4.74 Å². The summed E-state index contributed by atoms with van der Waals surface area (Å²) < 4.78 is 23.5. The number of nitrogens with zero attached hydrogens (tertiary/aromatic N) is 1. The summed E-state index contributed by atoms with van der Waals surface area (Å²) in [5.74, 6) is -0.875. The Bertz CT molecular complexity index is 776. The molecule has 0 heterocycles. The first-order valence-electron chi connectivity index (χ1n) is 8.79. The van der Waals surface area contributed by atoms with Gasteiger partial charge in [-0.25, -0.2) is 4.39 Å². The van der Waals surface area contributed by atoms with E-state index in [1.54, 1.807) is 48.2 Å². The van der Waals surface area contributed by atoms with Gasteiger partial charge in [-0.2, -0.15) is 0 Å². The Kier molecular flexibility index (Phi) is 7.34. The monoisotopic (exact) mass is 373 g/mol. The fourth-order valence-corrected chi connectivity index (χ4v) is 2.64. The number of carbonyl (C=O) groups is 2. The summed E-state index contributed by atoms with van der Waals surface area (Å²) in [4.78, 5) is 26.2. The van der Waals surface area contributed by atoms with E-state index in [2.05, 4.69) is 0 Å². The van der Waals surface area contributed by atoms with E-state index in [1.807, 2.05) is 6.92 Å². The molecule has 0 fully saturated rings. The van der Waals surface area contributed by atoms with E-state index in [1.165, 1.54) is 19.2 Å². The van der Waals surface area contributed by atoms with E-state index in [9.17, 15) is 14.0 Å². The molecular weight excluding hydrogens is 349 g/mol. The number of esters is 1. The number of halogens is 1. The average molecular weight is 373 g/mol. The highest BCUT2D eigenvalue weighted by molar-refractivity contribution is 5.97. The molecule has 0 aliphatic carbocycles. The maximum Gasteiger partial charge on any atom is 0.310 e. The number of benzene rings is 2. The number of methoxy groups -OCH3 is 1. The minimum Gasteiger partial charge on any atom is -0.488 e. The Morgan fingerprint density at radius 3 is 2.41 bits per heavy atom. The van der Waals surface area contributed by atoms with Crippen LogP contribution in [0, 0.1) is 11.7 Å². The van der Waals surface area contributed by atoms with Crippen LogP contribution in [0.5, 0.6) is 5.75 Å². The van der Waals surface area contributed by atoms with Gasteiger partial charge in [-0.05, 0) is 36.8 Å². The van der Waals surface area contributed by atoms with Crippen LogP contribution >= 0.6 is 0 Å². The lowest BCUT2D eigenvalue weighted by molar-refractivity contribution is -0.145. The molecule has 2 aromatic carbocycles. The summed E-state index contributed by atoms with van der Waals surface area (Å²) in [6, 6.07) is 12.9. The highest BCUT2D eigenvalue weighted by Gasteiger charge is 2.23. The Morgan fingerprint density at radius 2 is 1.78 bits per heavy atom. The van der Waals surface area contributed by atoms with E-state index in [0.29, 0.717) is 17.9 Å². The maximum absolute atomic E-state index is 13.0. The number of carbonyl (C=O) groups excluding carboxylic acids is 2. The predicted octanol–water partition coefficient (Wildman–Crippen LogP) is 3.68. The second-order valence-electron chi connectivity index (χ2n) is 6.18. The second kappa shape index (κ2) is 9.71. The van der Waals surface area contributed by atoms with Crippen molar-refractivity contribution < 1.29 is 23.5 Å². The number of hydrogen-bond donors (Lipinski definition) is 0. The Labute approximate surface area is 158 Å². The van der Waals surface area contributed by atoms with E-state index in [0.717, 1.165) is 5.56 Å². The number of ether oxygens (including phenoxy) is 2. The molecule has 0 saturated carbocycles. The molecule has 1 amide bonds. The minimum absolute atomic E-state index is 0.218. The van der Waals surface area contributed by atoms with Gasteiger partial charge in [0.15, 0.2) is 0 Å². The van der Waals surface area contributed by atoms with Crippen molar-refractivity contribution in [2.45, 2.75) is 20.5 Å². The van der Waals surface area contributed by atoms with Gasteiger partial charge in [-0.15, -0.1) is 0 Å². The molecule has 0 aliphatic heterocycles. The zero-order valence-electron chi connectivity index (χ0n) is 15.8. The predicted molar refractivity (Wildman–Crippen MR) is 99.9 cm³/mol. The molecule has 0 saturated heterocycles. The second-order valence-corrected chi connectivity index (χ2v) is 6.18. The average Bonchev–Trinajstić information content (AvgIpc) is 2.70. The van der Waals surface area contributed by atoms with Crippen molar-refractivity contribution >= 4 is 11.9 Å². The van der Waals surface area contributed by atoms with Crippen molar-refractivity contribution in [2.24, 2.45) is 5.92 Å². The summed E-state index contributed by atoms with van der Waals surface area (Å²) >= 11 is 0. The zero-order valence-corrected chi connectivity index (χ0v) is 15.8. The normalized spacial score (nSPS) is 11.6. The highest BCUT2D eigenvalue weighted by Crippen LogP contribution is 2.22. The Hall–Kier alpha value is -2.89. The lowest BCUT2D eigenvalue weighted by Gasteiger charge is -2.24. The molecule has 0 aliphatic rings. The molecule has 0 radical (unpaired) electrons. The topological polar surface area (TPSA) is 55.8 Å². The number of hydrogen-bond acceptors (Lipinski definition) is 4. The molecule has 2 rings (SSSR count). The van der Waals surface area contributed by atoms with Gasteiger partial charge in [0.25, 0.3) is 5.91 Å². The standard InChI is InChI=1S/C21H24FNO4/c1-4-23(13-15(2)21(25)26-3)20(24)18-7-5-6-8-19(18)27-14-16-9-11-17(22)12-10-16/h5-12,15H,4,13-14H2,1-3H3. The summed E-state index contributed by atoms with van der Waals surface area (Å²) in [6.45, 7) is 4.50. The third kappa shape index (κ3) is 5.54. The Morgan fingerprint density at radius 1 is 1.11 bits per heavy atom. The van der Waals surface area contributed by atoms with E-state index < -0.39 is 5.92 Å². The van der Waals surface area contributed by atoms with Crippen molar-refractivity contribution in [3.05, 3.63) is 65.5 Å². The van der Waals surface area contributed by atoms with Crippen LogP contribution in [0.3, 0.4) is 0 Å². The molecule has 2 aromatic rings. The molecular formula is C21H24FNO4. The van der Waals surface area contributed by atoms with Gasteiger partial charge in [0.2, 0.25) is 0 Å². The van der Waals surface area contributed by atoms with Crippen LogP contribution in [-0.2, 0) is 16.1 Å². The smallest absolute Gasteiger partial charge is 0.310 e. The molecule has 0 bridgehead atoms. The third-order valence-corrected chi connectivity index (χ3v) is 4.19. The van der Waals surface area contributed by atoms with E-state index >= 15 is 0 Å². The van der Waals surface area contributed by atoms with Crippen LogP contribution in [0.1, 0.15) is 29.8 Å². The molecule has 0 spiro atoms. The largest absolute Gasteiger partial charge is 0.488 e. The SMILES string of the molecule is CCN(CC(C)C(=O)OC)C(=O)c1ccccc1OCc1ccc(F)cc1. The highest BCUT2D eigenvalue weighted by atomic mass is 19.1. The van der Waals surface area contributed by atoms with Crippen LogP contribution in [0.25, 0.3) is 0 Å². The van der Waals surface area contributed by atoms with Gasteiger partial charge in [-0.3, -0.25) is 9.59 Å². The number of para-hydroxylation sites is 1. The van der Waals surface area contributed by atoms with Gasteiger partial charge in [-0.1, -0.05) is 31.2 Å². The molecule has 144 valence electrons. The Balaban J connectivity index is 2.13. The minimum atomic E-state index is -0.425. The quantitative estimate of drug-likeness (QED) is 0.663. The molecule has 6 heteroatoms. The van der Waals surface area contributed by atoms with E-state index in [4.69, 9.17) is 9.47 Å². The maximum atomic E-state index is 13.0. The molecule has 5 nitrogen and oxygen atoms in total. The lowest BCUT2D eigenvalue weighted by Crippen LogP contribution is -2.37. The van der Waals surface area contributed by atoms with Crippen molar-refractivity contribution in [1.29, 1.82) is 0 Å². The van der Waals surface area contributed by atoms with Gasteiger partial charge in [0, 0.05) is 13.1 Å². The van der Waals surface area contributed by atoms with Crippen LogP contribution in [-0.4, -0.2) is 37.0 Å². The molecule has 1 unspecified atom stereocenters. The summed E-state index contributed by atoms with van der Waals surface area (Å²) in [5, 5.41) is 0. The molecule has 0 aromatic heterocycles. The first kappa shape index (κ1) is 20.4. The van der Waals surface area contributed by atoms with Crippen molar-refractivity contribution in [1.82, 2.24) is 4.90 Å². The molecule has 27 heavy (non-hydrogen) atoms. The van der Waals surface area contributed by atoms with E-state index in [-0.39, 0.29) is 30.8 Å². The number of amides is 1. The van der Waals surface area contributed by atoms with Crippen molar-refractivity contribution in [3.8, 4) is 5.75 Å². The first-order valence-corrected chi connectivity index (χ1v) is 8.79. The number of rotatable bonds is 8. The van der Waals surface area contributed by atoms with Gasteiger partial charge in [0.1, 0.15) is 18.2 Å². The van der Waals surface area contributed by atoms with Crippen LogP contribution in [0.2, 0.25) is 0 Å². The van der Waals surface area contributed by atoms with Crippen LogP contribution in [0.4, 0.5) is 4.39 Å². The molecule has 1 atom stereocenters. The fraction of sp³-hybridized carbons (Fsp3) is 0.333. The van der Waals surface area contributed by atoms with Gasteiger partial charge >= 0.3 is 5.97 Å². The zero-order chi connectivity index (χ0) is 19.8. The van der Waals surface area contributed by atoms with Gasteiger partial charge < -0.3 is 14.4 Å². The third-order valence-electron chi connectivity index (χ3n) is 4.19. The van der Waals surface area contributed by atoms with Gasteiger partial charge in [0.05, 0.1) is 18.6 Å². The fourth-order valence-electron chi connectivity index (χ4n) is 2.64. The molecule has 0 N–H and O–H groups in total. The summed E-state index contributed by atoms with van der Waals surface area (Å²) in [6.07, 6.45) is 0. The first-order chi connectivity index (χ1) is 13.0. The summed E-state index contributed by atoms with van der Waals surface area (Å²) in [7, 11) is 1.33. The lowest BCUT2D eigenvalue weighted by atomic mass is 10.1.